The van der Waals surface area contributed by atoms with Gasteiger partial charge in [-0.25, -0.2) is 0 Å². The Morgan fingerprint density at radius 2 is 2.27 bits per heavy atom. The molecule has 4 aliphatic heterocycles. The van der Waals surface area contributed by atoms with Crippen molar-refractivity contribution < 1.29 is 14.3 Å². The van der Waals surface area contributed by atoms with E-state index in [1.54, 1.807) is 0 Å². The summed E-state index contributed by atoms with van der Waals surface area (Å²) in [5.41, 5.74) is 3.58. The molecule has 0 aromatic heterocycles. The predicted molar refractivity (Wildman–Crippen MR) is 96.5 cm³/mol. The Labute approximate surface area is 153 Å². The van der Waals surface area contributed by atoms with Crippen molar-refractivity contribution in [2.75, 3.05) is 18.4 Å². The van der Waals surface area contributed by atoms with E-state index in [4.69, 9.17) is 9.47 Å². The van der Waals surface area contributed by atoms with Crippen LogP contribution in [0.25, 0.3) is 0 Å². The first-order valence-corrected chi connectivity index (χ1v) is 9.78. The molecule has 6 rings (SSSR count). The van der Waals surface area contributed by atoms with Crippen LogP contribution in [-0.4, -0.2) is 42.2 Å². The van der Waals surface area contributed by atoms with E-state index in [0.29, 0.717) is 18.2 Å². The van der Waals surface area contributed by atoms with Crippen molar-refractivity contribution >= 4 is 11.7 Å². The minimum Gasteiger partial charge on any atom is -0.429 e. The fourth-order valence-corrected chi connectivity index (χ4v) is 6.71. The van der Waals surface area contributed by atoms with E-state index in [2.05, 4.69) is 41.4 Å². The molecule has 0 radical (unpaired) electrons. The molecule has 136 valence electrons. The van der Waals surface area contributed by atoms with Gasteiger partial charge in [0.25, 0.3) is 0 Å². The molecule has 0 saturated carbocycles. The Morgan fingerprint density at radius 3 is 3.08 bits per heavy atom. The van der Waals surface area contributed by atoms with Crippen LogP contribution in [0.1, 0.15) is 38.7 Å². The summed E-state index contributed by atoms with van der Waals surface area (Å²) in [5.74, 6) is 0.605. The summed E-state index contributed by atoms with van der Waals surface area (Å²) in [6.45, 7) is 5.90. The zero-order valence-electron chi connectivity index (χ0n) is 15.2. The van der Waals surface area contributed by atoms with Crippen molar-refractivity contribution in [3.05, 3.63) is 41.3 Å². The maximum absolute atomic E-state index is 11.9. The SMILES string of the molecule is CC[C@]12CC(OC(C)=O)=C3Nc4ccccc4[C@@]34CCN(C[C@H]3O[C@H]31)[C@@H]24. The summed E-state index contributed by atoms with van der Waals surface area (Å²) >= 11 is 0. The molecule has 3 fully saturated rings. The average Bonchev–Trinajstić information content (AvgIpc) is 3.20. The number of benzene rings is 1. The lowest BCUT2D eigenvalue weighted by atomic mass is 9.54. The lowest BCUT2D eigenvalue weighted by Crippen LogP contribution is -2.62. The van der Waals surface area contributed by atoms with Gasteiger partial charge in [0.1, 0.15) is 5.76 Å². The highest BCUT2D eigenvalue weighted by molar-refractivity contribution is 5.74. The van der Waals surface area contributed by atoms with E-state index in [0.717, 1.165) is 43.8 Å². The number of epoxide rings is 1. The van der Waals surface area contributed by atoms with Crippen LogP contribution in [0.2, 0.25) is 0 Å². The van der Waals surface area contributed by atoms with Crippen LogP contribution in [0, 0.1) is 5.41 Å². The fourth-order valence-electron chi connectivity index (χ4n) is 6.71. The van der Waals surface area contributed by atoms with Crippen LogP contribution >= 0.6 is 0 Å². The van der Waals surface area contributed by atoms with Crippen molar-refractivity contribution in [2.45, 2.75) is 56.8 Å². The molecule has 1 aromatic carbocycles. The molecule has 0 amide bonds. The van der Waals surface area contributed by atoms with E-state index in [-0.39, 0.29) is 16.8 Å². The van der Waals surface area contributed by atoms with E-state index in [1.807, 2.05) is 0 Å². The molecule has 1 spiro atoms. The third-order valence-electron chi connectivity index (χ3n) is 7.54. The van der Waals surface area contributed by atoms with Gasteiger partial charge in [0.05, 0.1) is 23.3 Å². The number of para-hydroxylation sites is 1. The van der Waals surface area contributed by atoms with Gasteiger partial charge in [0, 0.05) is 37.0 Å². The number of piperidine rings is 1. The first-order valence-electron chi connectivity index (χ1n) is 9.78. The van der Waals surface area contributed by atoms with Crippen molar-refractivity contribution in [2.24, 2.45) is 5.41 Å². The normalized spacial score (nSPS) is 41.7. The monoisotopic (exact) mass is 352 g/mol. The first kappa shape index (κ1) is 15.2. The number of carbonyl (C=O) groups is 1. The molecular weight excluding hydrogens is 328 g/mol. The summed E-state index contributed by atoms with van der Waals surface area (Å²) in [4.78, 5) is 14.6. The third kappa shape index (κ3) is 1.58. The number of anilines is 1. The lowest BCUT2D eigenvalue weighted by Gasteiger charge is -2.54. The van der Waals surface area contributed by atoms with Crippen LogP contribution in [0.5, 0.6) is 0 Å². The molecular formula is C21H24N2O3. The minimum atomic E-state index is -0.232. The quantitative estimate of drug-likeness (QED) is 0.655. The van der Waals surface area contributed by atoms with Crippen LogP contribution < -0.4 is 5.32 Å². The molecule has 5 heteroatoms. The number of carbonyl (C=O) groups excluding carboxylic acids is 1. The standard InChI is InChI=1S/C21H24N2O3/c1-3-20-10-15(25-12(2)24)17-21(13-6-4-5-7-14(13)22-17)8-9-23(19(20)21)11-16-18(20)26-16/h4-7,16,18-19,22H,3,8-11H2,1-2H3/t16-,18-,19+,20+,21+/m1/s1. The Morgan fingerprint density at radius 1 is 1.42 bits per heavy atom. The van der Waals surface area contributed by atoms with E-state index in [1.165, 1.54) is 18.2 Å². The highest BCUT2D eigenvalue weighted by Gasteiger charge is 2.73. The molecule has 1 aromatic rings. The molecule has 1 aliphatic carbocycles. The second kappa shape index (κ2) is 4.70. The number of nitrogens with zero attached hydrogens (tertiary/aromatic N) is 1. The Balaban J connectivity index is 1.63. The van der Waals surface area contributed by atoms with Gasteiger partial charge in [-0.1, -0.05) is 25.1 Å². The zero-order valence-corrected chi connectivity index (χ0v) is 15.2. The second-order valence-corrected chi connectivity index (χ2v) is 8.54. The van der Waals surface area contributed by atoms with Crippen molar-refractivity contribution in [1.82, 2.24) is 4.90 Å². The maximum Gasteiger partial charge on any atom is 0.307 e. The number of ether oxygens (including phenoxy) is 2. The molecule has 4 heterocycles. The Kier molecular flexibility index (Phi) is 2.75. The first-order chi connectivity index (χ1) is 12.6. The van der Waals surface area contributed by atoms with E-state index in [9.17, 15) is 4.79 Å². The summed E-state index contributed by atoms with van der Waals surface area (Å²) in [5, 5.41) is 3.65. The smallest absolute Gasteiger partial charge is 0.307 e. The maximum atomic E-state index is 11.9. The third-order valence-corrected chi connectivity index (χ3v) is 7.54. The molecule has 5 aliphatic rings. The second-order valence-electron chi connectivity index (χ2n) is 8.54. The predicted octanol–water partition coefficient (Wildman–Crippen LogP) is 2.78. The molecule has 26 heavy (non-hydrogen) atoms. The van der Waals surface area contributed by atoms with Gasteiger partial charge in [-0.3, -0.25) is 9.69 Å². The number of nitrogens with one attached hydrogen (secondary N) is 1. The minimum absolute atomic E-state index is 0.0207. The summed E-state index contributed by atoms with van der Waals surface area (Å²) in [7, 11) is 0. The molecule has 0 bridgehead atoms. The highest BCUT2D eigenvalue weighted by Crippen LogP contribution is 2.68. The van der Waals surface area contributed by atoms with Gasteiger partial charge in [-0.15, -0.1) is 0 Å². The average molecular weight is 352 g/mol. The lowest BCUT2D eigenvalue weighted by molar-refractivity contribution is -0.138. The molecule has 5 nitrogen and oxygen atoms in total. The van der Waals surface area contributed by atoms with Gasteiger partial charge >= 0.3 is 5.97 Å². The number of allylic oxidation sites excluding steroid dienone is 1. The van der Waals surface area contributed by atoms with Crippen molar-refractivity contribution in [3.8, 4) is 0 Å². The summed E-state index contributed by atoms with van der Waals surface area (Å²) in [6.07, 6.45) is 3.54. The van der Waals surface area contributed by atoms with Gasteiger partial charge in [0.2, 0.25) is 0 Å². The van der Waals surface area contributed by atoms with E-state index < -0.39 is 0 Å². The van der Waals surface area contributed by atoms with E-state index >= 15 is 0 Å². The van der Waals surface area contributed by atoms with Gasteiger partial charge in [-0.05, 0) is 31.0 Å². The molecule has 1 N–H and O–H groups in total. The van der Waals surface area contributed by atoms with Gasteiger partial charge in [-0.2, -0.15) is 0 Å². The summed E-state index contributed by atoms with van der Waals surface area (Å²) in [6, 6.07) is 9.03. The fraction of sp³-hybridized carbons (Fsp3) is 0.571. The zero-order chi connectivity index (χ0) is 17.7. The van der Waals surface area contributed by atoms with Crippen LogP contribution in [-0.2, 0) is 19.7 Å². The topological polar surface area (TPSA) is 54.1 Å². The number of fused-ring (bicyclic) bond motifs is 3. The van der Waals surface area contributed by atoms with Crippen LogP contribution in [0.15, 0.2) is 35.7 Å². The number of hydrogen-bond donors (Lipinski definition) is 1. The van der Waals surface area contributed by atoms with Gasteiger partial charge < -0.3 is 14.8 Å². The number of esters is 1. The van der Waals surface area contributed by atoms with Gasteiger partial charge in [0.15, 0.2) is 0 Å². The highest BCUT2D eigenvalue weighted by atomic mass is 16.6. The van der Waals surface area contributed by atoms with Crippen molar-refractivity contribution in [1.29, 1.82) is 0 Å². The largest absolute Gasteiger partial charge is 0.429 e. The number of hydrogen-bond acceptors (Lipinski definition) is 5. The Hall–Kier alpha value is -1.85. The molecule has 0 unspecified atom stereocenters. The number of rotatable bonds is 2. The van der Waals surface area contributed by atoms with Crippen LogP contribution in [0.3, 0.4) is 0 Å². The Bertz CT molecular complexity index is 865. The molecule has 5 atom stereocenters. The van der Waals surface area contributed by atoms with Crippen molar-refractivity contribution in [3.63, 3.8) is 0 Å². The molecule has 3 saturated heterocycles. The summed E-state index contributed by atoms with van der Waals surface area (Å²) < 4.78 is 12.0. The van der Waals surface area contributed by atoms with Crippen LogP contribution in [0.4, 0.5) is 5.69 Å².